The van der Waals surface area contributed by atoms with Gasteiger partial charge < -0.3 is 20.9 Å². The number of hydrogen-bond donors (Lipinski definition) is 2. The van der Waals surface area contributed by atoms with Crippen LogP contribution in [0.4, 0.5) is 11.4 Å². The molecule has 6 heteroatoms. The van der Waals surface area contributed by atoms with E-state index >= 15 is 0 Å². The van der Waals surface area contributed by atoms with Crippen LogP contribution < -0.4 is 16.2 Å². The molecule has 0 bridgehead atoms. The Hall–Kier alpha value is -3.54. The Balaban J connectivity index is 1.41. The van der Waals surface area contributed by atoms with Crippen molar-refractivity contribution in [3.8, 4) is 5.75 Å². The molecular weight excluding hydrogens is 416 g/mol. The summed E-state index contributed by atoms with van der Waals surface area (Å²) in [5, 5.41) is 0. The lowest BCUT2D eigenvalue weighted by Gasteiger charge is -2.26. The van der Waals surface area contributed by atoms with Gasteiger partial charge >= 0.3 is 11.9 Å². The number of anilines is 2. The van der Waals surface area contributed by atoms with Gasteiger partial charge in [0.2, 0.25) is 0 Å². The van der Waals surface area contributed by atoms with E-state index in [1.54, 1.807) is 36.4 Å². The van der Waals surface area contributed by atoms with E-state index in [0.29, 0.717) is 29.5 Å². The second-order valence-corrected chi connectivity index (χ2v) is 8.49. The van der Waals surface area contributed by atoms with Crippen molar-refractivity contribution >= 4 is 29.4 Å². The molecule has 3 rings (SSSR count). The molecule has 0 heterocycles. The summed E-state index contributed by atoms with van der Waals surface area (Å²) in [5.74, 6) is 0.508. The molecule has 0 spiro atoms. The number of benzene rings is 2. The normalized spacial score (nSPS) is 18.1. The quantitative estimate of drug-likeness (QED) is 0.185. The van der Waals surface area contributed by atoms with E-state index < -0.39 is 5.97 Å². The van der Waals surface area contributed by atoms with Crippen LogP contribution in [0.1, 0.15) is 43.2 Å². The predicted octanol–water partition coefficient (Wildman–Crippen LogP) is 4.94. The third kappa shape index (κ3) is 7.83. The van der Waals surface area contributed by atoms with E-state index in [-0.39, 0.29) is 18.5 Å². The molecule has 2 aromatic carbocycles. The minimum atomic E-state index is -0.436. The zero-order valence-corrected chi connectivity index (χ0v) is 18.9. The first-order valence-corrected chi connectivity index (χ1v) is 11.4. The topological polar surface area (TPSA) is 105 Å². The van der Waals surface area contributed by atoms with Crippen LogP contribution in [-0.4, -0.2) is 18.5 Å². The molecule has 1 aliphatic carbocycles. The Kier molecular flexibility index (Phi) is 8.70. The van der Waals surface area contributed by atoms with Gasteiger partial charge in [-0.25, -0.2) is 4.79 Å². The average Bonchev–Trinajstić information content (AvgIpc) is 2.79. The SMILES string of the molecule is C=CCC1CCC(C(=O)Oc2ccc(/C=C/C(=O)OCCc3cc(N)cc(N)c3)cc2)CC1. The molecule has 2 aromatic rings. The molecule has 1 aliphatic rings. The van der Waals surface area contributed by atoms with Crippen LogP contribution in [0.3, 0.4) is 0 Å². The van der Waals surface area contributed by atoms with Crippen molar-refractivity contribution in [2.45, 2.75) is 38.5 Å². The van der Waals surface area contributed by atoms with Crippen molar-refractivity contribution in [2.24, 2.45) is 11.8 Å². The Morgan fingerprint density at radius 2 is 1.67 bits per heavy atom. The molecule has 0 saturated heterocycles. The second kappa shape index (κ2) is 11.9. The van der Waals surface area contributed by atoms with Gasteiger partial charge in [0.15, 0.2) is 0 Å². The Morgan fingerprint density at radius 3 is 2.30 bits per heavy atom. The number of carbonyl (C=O) groups excluding carboxylic acids is 2. The molecule has 0 atom stereocenters. The van der Waals surface area contributed by atoms with Gasteiger partial charge in [-0.05, 0) is 85.6 Å². The largest absolute Gasteiger partial charge is 0.462 e. The maximum absolute atomic E-state index is 12.4. The van der Waals surface area contributed by atoms with Crippen molar-refractivity contribution in [1.82, 2.24) is 0 Å². The van der Waals surface area contributed by atoms with Crippen LogP contribution in [0.2, 0.25) is 0 Å². The summed E-state index contributed by atoms with van der Waals surface area (Å²) < 4.78 is 10.8. The van der Waals surface area contributed by atoms with E-state index in [1.807, 2.05) is 18.2 Å². The van der Waals surface area contributed by atoms with Gasteiger partial charge in [-0.2, -0.15) is 0 Å². The van der Waals surface area contributed by atoms with Gasteiger partial charge in [0.1, 0.15) is 5.75 Å². The summed E-state index contributed by atoms with van der Waals surface area (Å²) in [6, 6.07) is 12.4. The standard InChI is InChI=1S/C27H32N2O4/c1-2-3-19-4-9-22(10-5-19)27(31)33-25-11-6-20(7-12-25)8-13-26(30)32-15-14-21-16-23(28)18-24(29)17-21/h2,6-8,11-13,16-19,22H,1,3-5,9-10,14-15,28-29H2/b13-8+. The number of ether oxygens (including phenoxy) is 2. The highest BCUT2D eigenvalue weighted by molar-refractivity contribution is 5.87. The van der Waals surface area contributed by atoms with Crippen LogP contribution in [0.15, 0.2) is 61.2 Å². The minimum absolute atomic E-state index is 0.0378. The summed E-state index contributed by atoms with van der Waals surface area (Å²) in [5.41, 5.74) is 14.4. The third-order valence-electron chi connectivity index (χ3n) is 5.86. The van der Waals surface area contributed by atoms with Crippen LogP contribution in [-0.2, 0) is 20.7 Å². The number of carbonyl (C=O) groups is 2. The van der Waals surface area contributed by atoms with Crippen LogP contribution in [0.25, 0.3) is 6.08 Å². The molecule has 0 aliphatic heterocycles. The summed E-state index contributed by atoms with van der Waals surface area (Å²) >= 11 is 0. The number of hydrogen-bond acceptors (Lipinski definition) is 6. The molecule has 6 nitrogen and oxygen atoms in total. The molecule has 174 valence electrons. The lowest BCUT2D eigenvalue weighted by molar-refractivity contribution is -0.140. The molecule has 33 heavy (non-hydrogen) atoms. The first kappa shape index (κ1) is 24.1. The van der Waals surface area contributed by atoms with Crippen molar-refractivity contribution in [3.63, 3.8) is 0 Å². The Bertz CT molecular complexity index is 969. The number of esters is 2. The van der Waals surface area contributed by atoms with E-state index in [0.717, 1.165) is 43.2 Å². The summed E-state index contributed by atoms with van der Waals surface area (Å²) in [7, 11) is 0. The van der Waals surface area contributed by atoms with E-state index in [2.05, 4.69) is 6.58 Å². The first-order chi connectivity index (χ1) is 15.9. The minimum Gasteiger partial charge on any atom is -0.462 e. The van der Waals surface area contributed by atoms with Crippen molar-refractivity contribution < 1.29 is 19.1 Å². The van der Waals surface area contributed by atoms with Gasteiger partial charge in [0.05, 0.1) is 12.5 Å². The summed E-state index contributed by atoms with van der Waals surface area (Å²) in [6.45, 7) is 4.03. The zero-order valence-electron chi connectivity index (χ0n) is 18.9. The maximum Gasteiger partial charge on any atom is 0.330 e. The fourth-order valence-electron chi connectivity index (χ4n) is 4.09. The van der Waals surface area contributed by atoms with Crippen molar-refractivity contribution in [1.29, 1.82) is 0 Å². The van der Waals surface area contributed by atoms with E-state index in [9.17, 15) is 9.59 Å². The molecule has 0 unspecified atom stereocenters. The zero-order chi connectivity index (χ0) is 23.6. The van der Waals surface area contributed by atoms with Crippen molar-refractivity contribution in [3.05, 3.63) is 72.3 Å². The fourth-order valence-corrected chi connectivity index (χ4v) is 4.09. The lowest BCUT2D eigenvalue weighted by Crippen LogP contribution is -2.25. The van der Waals surface area contributed by atoms with Gasteiger partial charge in [-0.15, -0.1) is 6.58 Å². The van der Waals surface area contributed by atoms with Crippen LogP contribution >= 0.6 is 0 Å². The van der Waals surface area contributed by atoms with Gasteiger partial charge in [0, 0.05) is 23.9 Å². The first-order valence-electron chi connectivity index (χ1n) is 11.4. The van der Waals surface area contributed by atoms with Crippen LogP contribution in [0.5, 0.6) is 5.75 Å². The molecular formula is C27H32N2O4. The van der Waals surface area contributed by atoms with E-state index in [1.165, 1.54) is 6.08 Å². The highest BCUT2D eigenvalue weighted by Crippen LogP contribution is 2.32. The molecule has 4 N–H and O–H groups in total. The monoisotopic (exact) mass is 448 g/mol. The van der Waals surface area contributed by atoms with Gasteiger partial charge in [-0.1, -0.05) is 18.2 Å². The highest BCUT2D eigenvalue weighted by Gasteiger charge is 2.27. The molecule has 0 amide bonds. The summed E-state index contributed by atoms with van der Waals surface area (Å²) in [4.78, 5) is 24.4. The number of rotatable bonds is 9. The fraction of sp³-hybridized carbons (Fsp3) is 0.333. The average molecular weight is 449 g/mol. The Morgan fingerprint density at radius 1 is 1.00 bits per heavy atom. The molecule has 0 radical (unpaired) electrons. The third-order valence-corrected chi connectivity index (χ3v) is 5.86. The maximum atomic E-state index is 12.4. The van der Waals surface area contributed by atoms with E-state index in [4.69, 9.17) is 20.9 Å². The molecule has 1 fully saturated rings. The number of nitrogen functional groups attached to an aromatic ring is 2. The number of allylic oxidation sites excluding steroid dienone is 1. The molecule has 1 saturated carbocycles. The van der Waals surface area contributed by atoms with Gasteiger partial charge in [0.25, 0.3) is 0 Å². The smallest absolute Gasteiger partial charge is 0.330 e. The predicted molar refractivity (Wildman–Crippen MR) is 131 cm³/mol. The van der Waals surface area contributed by atoms with Gasteiger partial charge in [-0.3, -0.25) is 4.79 Å². The highest BCUT2D eigenvalue weighted by atomic mass is 16.5. The lowest BCUT2D eigenvalue weighted by atomic mass is 9.80. The Labute approximate surface area is 195 Å². The van der Waals surface area contributed by atoms with Crippen LogP contribution in [0, 0.1) is 11.8 Å². The van der Waals surface area contributed by atoms with Crippen molar-refractivity contribution in [2.75, 3.05) is 18.1 Å². The second-order valence-electron chi connectivity index (χ2n) is 8.49. The number of nitrogens with two attached hydrogens (primary N) is 2. The summed E-state index contributed by atoms with van der Waals surface area (Å²) in [6.07, 6.45) is 10.3. The molecule has 0 aromatic heterocycles.